The number of amides is 2. The van der Waals surface area contributed by atoms with Crippen molar-refractivity contribution >= 4 is 11.7 Å². The van der Waals surface area contributed by atoms with Crippen LogP contribution in [0.15, 0.2) is 12.4 Å². The molecule has 1 heterocycles. The first-order chi connectivity index (χ1) is 8.06. The highest BCUT2D eigenvalue weighted by Crippen LogP contribution is 2.09. The van der Waals surface area contributed by atoms with Crippen molar-refractivity contribution < 1.29 is 9.90 Å². The summed E-state index contributed by atoms with van der Waals surface area (Å²) in [5, 5.41) is 18.4. The number of aliphatic hydroxyl groups is 1. The monoisotopic (exact) mass is 240 g/mol. The molecule has 6 heteroatoms. The quantitative estimate of drug-likeness (QED) is 0.727. The lowest BCUT2D eigenvalue weighted by molar-refractivity contribution is 0.222. The lowest BCUT2D eigenvalue weighted by Crippen LogP contribution is -2.39. The standard InChI is InChI=1S/C11H20N4O2/c1-4-9(7-16)13-11(17)14-10-5-12-15(6-10)8(2)3/h5-6,8-9,16H,4,7H2,1-3H3,(H2,13,14,17). The molecular formula is C11H20N4O2. The smallest absolute Gasteiger partial charge is 0.319 e. The highest BCUT2D eigenvalue weighted by Gasteiger charge is 2.10. The molecule has 0 aromatic carbocycles. The summed E-state index contributed by atoms with van der Waals surface area (Å²) < 4.78 is 1.76. The van der Waals surface area contributed by atoms with Crippen molar-refractivity contribution in [1.29, 1.82) is 0 Å². The van der Waals surface area contributed by atoms with Crippen LogP contribution in [0.5, 0.6) is 0 Å². The van der Waals surface area contributed by atoms with Gasteiger partial charge in [0.15, 0.2) is 0 Å². The number of aromatic nitrogens is 2. The lowest BCUT2D eigenvalue weighted by Gasteiger charge is -2.13. The Bertz CT molecular complexity index is 358. The Hall–Kier alpha value is -1.56. The molecule has 0 spiro atoms. The summed E-state index contributed by atoms with van der Waals surface area (Å²) in [6, 6.07) is -0.279. The van der Waals surface area contributed by atoms with Gasteiger partial charge in [-0.2, -0.15) is 5.10 Å². The van der Waals surface area contributed by atoms with Crippen LogP contribution in [0, 0.1) is 0 Å². The summed E-state index contributed by atoms with van der Waals surface area (Å²) in [5.41, 5.74) is 0.643. The van der Waals surface area contributed by atoms with Crippen molar-refractivity contribution in [3.63, 3.8) is 0 Å². The molecule has 1 rings (SSSR count). The number of urea groups is 1. The number of carbonyl (C=O) groups is 1. The number of hydrogen-bond donors (Lipinski definition) is 3. The van der Waals surface area contributed by atoms with Crippen LogP contribution in [-0.4, -0.2) is 33.6 Å². The first-order valence-corrected chi connectivity index (χ1v) is 5.79. The molecule has 6 nitrogen and oxygen atoms in total. The van der Waals surface area contributed by atoms with E-state index < -0.39 is 0 Å². The van der Waals surface area contributed by atoms with E-state index >= 15 is 0 Å². The summed E-state index contributed by atoms with van der Waals surface area (Å²) in [5.74, 6) is 0. The van der Waals surface area contributed by atoms with E-state index in [1.54, 1.807) is 17.1 Å². The minimum absolute atomic E-state index is 0.0603. The molecule has 17 heavy (non-hydrogen) atoms. The third-order valence-electron chi connectivity index (χ3n) is 2.44. The molecule has 1 aromatic rings. The van der Waals surface area contributed by atoms with E-state index in [-0.39, 0.29) is 24.7 Å². The van der Waals surface area contributed by atoms with Crippen LogP contribution in [0.1, 0.15) is 33.2 Å². The van der Waals surface area contributed by atoms with Crippen LogP contribution < -0.4 is 10.6 Å². The molecule has 0 fully saturated rings. The van der Waals surface area contributed by atoms with Crippen LogP contribution >= 0.6 is 0 Å². The van der Waals surface area contributed by atoms with Gasteiger partial charge in [-0.25, -0.2) is 4.79 Å². The summed E-state index contributed by atoms with van der Waals surface area (Å²) in [4.78, 5) is 11.5. The third-order valence-corrected chi connectivity index (χ3v) is 2.44. The largest absolute Gasteiger partial charge is 0.394 e. The van der Waals surface area contributed by atoms with E-state index in [4.69, 9.17) is 5.11 Å². The van der Waals surface area contributed by atoms with E-state index in [2.05, 4.69) is 15.7 Å². The fourth-order valence-corrected chi connectivity index (χ4v) is 1.31. The number of carbonyl (C=O) groups excluding carboxylic acids is 1. The Labute approximate surface area is 101 Å². The van der Waals surface area contributed by atoms with Crippen LogP contribution in [0.4, 0.5) is 10.5 Å². The van der Waals surface area contributed by atoms with E-state index in [0.717, 1.165) is 0 Å². The average Bonchev–Trinajstić information content (AvgIpc) is 2.74. The number of anilines is 1. The van der Waals surface area contributed by atoms with Crippen molar-refractivity contribution in [2.45, 2.75) is 39.3 Å². The summed E-state index contributed by atoms with van der Waals surface area (Å²) in [6.45, 7) is 5.86. The van der Waals surface area contributed by atoms with Crippen LogP contribution in [-0.2, 0) is 0 Å². The molecule has 2 amide bonds. The molecule has 0 radical (unpaired) electrons. The van der Waals surface area contributed by atoms with Crippen molar-refractivity contribution in [2.24, 2.45) is 0 Å². The van der Waals surface area contributed by atoms with Gasteiger partial charge in [-0.1, -0.05) is 6.92 Å². The van der Waals surface area contributed by atoms with Gasteiger partial charge in [0.2, 0.25) is 0 Å². The maximum Gasteiger partial charge on any atom is 0.319 e. The Morgan fingerprint density at radius 1 is 1.59 bits per heavy atom. The molecule has 0 aliphatic heterocycles. The molecule has 0 aliphatic rings. The highest BCUT2D eigenvalue weighted by molar-refractivity contribution is 5.89. The second-order valence-corrected chi connectivity index (χ2v) is 4.19. The van der Waals surface area contributed by atoms with Crippen LogP contribution in [0.3, 0.4) is 0 Å². The fraction of sp³-hybridized carbons (Fsp3) is 0.636. The molecule has 1 aromatic heterocycles. The van der Waals surface area contributed by atoms with Crippen molar-refractivity contribution in [1.82, 2.24) is 15.1 Å². The normalized spacial score (nSPS) is 12.5. The number of aliphatic hydroxyl groups excluding tert-OH is 1. The minimum atomic E-state index is -0.325. The molecule has 96 valence electrons. The van der Waals surface area contributed by atoms with Gasteiger partial charge < -0.3 is 15.7 Å². The van der Waals surface area contributed by atoms with Gasteiger partial charge in [-0.3, -0.25) is 4.68 Å². The maximum absolute atomic E-state index is 11.5. The fourth-order valence-electron chi connectivity index (χ4n) is 1.31. The SMILES string of the molecule is CCC(CO)NC(=O)Nc1cnn(C(C)C)c1. The molecular weight excluding hydrogens is 220 g/mol. The Kier molecular flexibility index (Phi) is 4.96. The molecule has 0 saturated heterocycles. The molecule has 1 atom stereocenters. The van der Waals surface area contributed by atoms with Crippen molar-refractivity contribution in [2.75, 3.05) is 11.9 Å². The zero-order chi connectivity index (χ0) is 12.8. The number of nitrogens with one attached hydrogen (secondary N) is 2. The van der Waals surface area contributed by atoms with E-state index in [1.807, 2.05) is 20.8 Å². The second kappa shape index (κ2) is 6.24. The lowest BCUT2D eigenvalue weighted by atomic mass is 10.2. The number of nitrogens with zero attached hydrogens (tertiary/aromatic N) is 2. The van der Waals surface area contributed by atoms with Gasteiger partial charge in [0.1, 0.15) is 0 Å². The highest BCUT2D eigenvalue weighted by atomic mass is 16.3. The molecule has 1 unspecified atom stereocenters. The average molecular weight is 240 g/mol. The first-order valence-electron chi connectivity index (χ1n) is 5.79. The Morgan fingerprint density at radius 3 is 2.76 bits per heavy atom. The molecule has 0 saturated carbocycles. The van der Waals surface area contributed by atoms with Crippen LogP contribution in [0.25, 0.3) is 0 Å². The summed E-state index contributed by atoms with van der Waals surface area (Å²) in [6.07, 6.45) is 4.05. The predicted octanol–water partition coefficient (Wildman–Crippen LogP) is 1.36. The van der Waals surface area contributed by atoms with Gasteiger partial charge in [0.25, 0.3) is 0 Å². The van der Waals surface area contributed by atoms with Crippen molar-refractivity contribution in [3.8, 4) is 0 Å². The van der Waals surface area contributed by atoms with Gasteiger partial charge in [-0.15, -0.1) is 0 Å². The van der Waals surface area contributed by atoms with E-state index in [1.165, 1.54) is 0 Å². The van der Waals surface area contributed by atoms with Gasteiger partial charge in [0.05, 0.1) is 24.5 Å². The van der Waals surface area contributed by atoms with E-state index in [9.17, 15) is 4.79 Å². The summed E-state index contributed by atoms with van der Waals surface area (Å²) >= 11 is 0. The van der Waals surface area contributed by atoms with Gasteiger partial charge >= 0.3 is 6.03 Å². The Balaban J connectivity index is 2.50. The molecule has 3 N–H and O–H groups in total. The minimum Gasteiger partial charge on any atom is -0.394 e. The maximum atomic E-state index is 11.5. The van der Waals surface area contributed by atoms with Gasteiger partial charge in [0, 0.05) is 12.2 Å². The number of rotatable bonds is 5. The van der Waals surface area contributed by atoms with Gasteiger partial charge in [-0.05, 0) is 20.3 Å². The first kappa shape index (κ1) is 13.5. The van der Waals surface area contributed by atoms with Crippen LogP contribution in [0.2, 0.25) is 0 Å². The predicted molar refractivity (Wildman–Crippen MR) is 65.9 cm³/mol. The summed E-state index contributed by atoms with van der Waals surface area (Å²) in [7, 11) is 0. The van der Waals surface area contributed by atoms with Crippen molar-refractivity contribution in [3.05, 3.63) is 12.4 Å². The zero-order valence-electron chi connectivity index (χ0n) is 10.5. The molecule has 0 bridgehead atoms. The molecule has 0 aliphatic carbocycles. The van der Waals surface area contributed by atoms with E-state index in [0.29, 0.717) is 12.1 Å². The third kappa shape index (κ3) is 4.07. The Morgan fingerprint density at radius 2 is 2.29 bits per heavy atom. The zero-order valence-corrected chi connectivity index (χ0v) is 10.5. The second-order valence-electron chi connectivity index (χ2n) is 4.19. The number of hydrogen-bond acceptors (Lipinski definition) is 3. The topological polar surface area (TPSA) is 79.2 Å².